The average molecular weight is 323 g/mol. The Bertz CT molecular complexity index is 745. The predicted octanol–water partition coefficient (Wildman–Crippen LogP) is 5.22. The Morgan fingerprint density at radius 2 is 1.75 bits per heavy atom. The summed E-state index contributed by atoms with van der Waals surface area (Å²) in [4.78, 5) is 10.2. The Labute approximate surface area is 141 Å². The summed E-state index contributed by atoms with van der Waals surface area (Å²) < 4.78 is 0. The fourth-order valence-electron chi connectivity index (χ4n) is 2.14. The molecule has 24 heavy (non-hydrogen) atoms. The standard InChI is InChI=1S/C19H21N3O2/c1-14(2)17-6-4-16(5-7-17)12-15(3)13-20-21-18-8-10-19(11-9-18)22(23)24/h4-14,21H,1-3H3. The molecule has 0 aliphatic carbocycles. The van der Waals surface area contributed by atoms with Crippen molar-refractivity contribution in [2.24, 2.45) is 5.10 Å². The number of non-ortho nitro benzene ring substituents is 1. The number of hydrazone groups is 1. The van der Waals surface area contributed by atoms with Gasteiger partial charge in [0.25, 0.3) is 5.69 Å². The normalized spacial score (nSPS) is 11.9. The highest BCUT2D eigenvalue weighted by molar-refractivity contribution is 5.85. The van der Waals surface area contributed by atoms with E-state index < -0.39 is 4.92 Å². The summed E-state index contributed by atoms with van der Waals surface area (Å²) in [5, 5.41) is 14.7. The van der Waals surface area contributed by atoms with Crippen LogP contribution in [0.15, 0.2) is 59.2 Å². The van der Waals surface area contributed by atoms with Crippen LogP contribution in [-0.4, -0.2) is 11.1 Å². The van der Waals surface area contributed by atoms with Crippen LogP contribution < -0.4 is 5.43 Å². The summed E-state index contributed by atoms with van der Waals surface area (Å²) in [6.45, 7) is 6.32. The molecule has 0 atom stereocenters. The zero-order valence-electron chi connectivity index (χ0n) is 14.1. The van der Waals surface area contributed by atoms with E-state index >= 15 is 0 Å². The molecule has 2 aromatic rings. The molecule has 5 heteroatoms. The van der Waals surface area contributed by atoms with Gasteiger partial charge in [-0.2, -0.15) is 5.10 Å². The third-order valence-corrected chi connectivity index (χ3v) is 3.54. The van der Waals surface area contributed by atoms with Crippen LogP contribution in [0, 0.1) is 10.1 Å². The van der Waals surface area contributed by atoms with Crippen LogP contribution in [-0.2, 0) is 0 Å². The van der Waals surface area contributed by atoms with Crippen LogP contribution in [0.2, 0.25) is 0 Å². The molecular formula is C19H21N3O2. The molecular weight excluding hydrogens is 302 g/mol. The van der Waals surface area contributed by atoms with Gasteiger partial charge in [0.05, 0.1) is 16.8 Å². The largest absolute Gasteiger partial charge is 0.279 e. The van der Waals surface area contributed by atoms with Crippen molar-refractivity contribution in [2.75, 3.05) is 5.43 Å². The Balaban J connectivity index is 1.96. The Kier molecular flexibility index (Phi) is 5.84. The molecule has 1 N–H and O–H groups in total. The number of rotatable bonds is 6. The first kappa shape index (κ1) is 17.4. The third kappa shape index (κ3) is 5.05. The zero-order valence-corrected chi connectivity index (χ0v) is 14.1. The SMILES string of the molecule is CC(C=NNc1ccc([N+](=O)[O-])cc1)=Cc1ccc(C(C)C)cc1. The van der Waals surface area contributed by atoms with Gasteiger partial charge in [-0.1, -0.05) is 44.2 Å². The summed E-state index contributed by atoms with van der Waals surface area (Å²) >= 11 is 0. The summed E-state index contributed by atoms with van der Waals surface area (Å²) in [5.41, 5.74) is 7.06. The highest BCUT2D eigenvalue weighted by atomic mass is 16.6. The van der Waals surface area contributed by atoms with E-state index in [1.165, 1.54) is 17.7 Å². The lowest BCUT2D eigenvalue weighted by molar-refractivity contribution is -0.384. The lowest BCUT2D eigenvalue weighted by atomic mass is 10.0. The van der Waals surface area contributed by atoms with Crippen molar-refractivity contribution < 1.29 is 4.92 Å². The van der Waals surface area contributed by atoms with E-state index in [0.717, 1.165) is 11.1 Å². The van der Waals surface area contributed by atoms with Crippen molar-refractivity contribution in [1.29, 1.82) is 0 Å². The van der Waals surface area contributed by atoms with Gasteiger partial charge in [0.1, 0.15) is 0 Å². The molecule has 0 fully saturated rings. The number of hydrogen-bond acceptors (Lipinski definition) is 4. The maximum atomic E-state index is 10.6. The van der Waals surface area contributed by atoms with Gasteiger partial charge in [0, 0.05) is 12.1 Å². The molecule has 0 aliphatic rings. The highest BCUT2D eigenvalue weighted by Crippen LogP contribution is 2.17. The maximum absolute atomic E-state index is 10.6. The van der Waals surface area contributed by atoms with E-state index in [0.29, 0.717) is 11.6 Å². The van der Waals surface area contributed by atoms with Crippen LogP contribution in [0.4, 0.5) is 11.4 Å². The van der Waals surface area contributed by atoms with Crippen LogP contribution in [0.5, 0.6) is 0 Å². The van der Waals surface area contributed by atoms with Crippen LogP contribution in [0.1, 0.15) is 37.8 Å². The summed E-state index contributed by atoms with van der Waals surface area (Å²) in [5.74, 6) is 0.525. The van der Waals surface area contributed by atoms with Crippen molar-refractivity contribution in [3.05, 3.63) is 75.3 Å². The van der Waals surface area contributed by atoms with Gasteiger partial charge in [0.15, 0.2) is 0 Å². The quantitative estimate of drug-likeness (QED) is 0.450. The number of hydrogen-bond donors (Lipinski definition) is 1. The number of benzene rings is 2. The van der Waals surface area contributed by atoms with Crippen molar-refractivity contribution in [3.63, 3.8) is 0 Å². The van der Waals surface area contributed by atoms with Gasteiger partial charge >= 0.3 is 0 Å². The van der Waals surface area contributed by atoms with Gasteiger partial charge in [-0.25, -0.2) is 0 Å². The molecule has 0 saturated carbocycles. The first-order valence-electron chi connectivity index (χ1n) is 7.77. The van der Waals surface area contributed by atoms with Crippen LogP contribution >= 0.6 is 0 Å². The number of allylic oxidation sites excluding steroid dienone is 1. The highest BCUT2D eigenvalue weighted by Gasteiger charge is 2.02. The Hall–Kier alpha value is -2.95. The number of nitro groups is 1. The molecule has 0 heterocycles. The molecule has 0 aromatic heterocycles. The Morgan fingerprint density at radius 1 is 1.12 bits per heavy atom. The second-order valence-electron chi connectivity index (χ2n) is 5.88. The van der Waals surface area contributed by atoms with E-state index in [9.17, 15) is 10.1 Å². The first-order valence-corrected chi connectivity index (χ1v) is 7.77. The minimum Gasteiger partial charge on any atom is -0.279 e. The minimum absolute atomic E-state index is 0.0606. The molecule has 0 amide bonds. The van der Waals surface area contributed by atoms with E-state index in [2.05, 4.69) is 48.6 Å². The number of anilines is 1. The summed E-state index contributed by atoms with van der Waals surface area (Å²) in [6.07, 6.45) is 3.77. The summed E-state index contributed by atoms with van der Waals surface area (Å²) in [6, 6.07) is 14.6. The molecule has 0 spiro atoms. The number of nitrogens with zero attached hydrogens (tertiary/aromatic N) is 2. The van der Waals surface area contributed by atoms with Crippen molar-refractivity contribution in [1.82, 2.24) is 0 Å². The molecule has 0 bridgehead atoms. The molecule has 5 nitrogen and oxygen atoms in total. The van der Waals surface area contributed by atoms with Gasteiger partial charge < -0.3 is 0 Å². The smallest absolute Gasteiger partial charge is 0.269 e. The molecule has 0 saturated heterocycles. The second-order valence-corrected chi connectivity index (χ2v) is 5.88. The van der Waals surface area contributed by atoms with Gasteiger partial charge in [-0.3, -0.25) is 15.5 Å². The molecule has 124 valence electrons. The van der Waals surface area contributed by atoms with Crippen molar-refractivity contribution in [2.45, 2.75) is 26.7 Å². The van der Waals surface area contributed by atoms with E-state index in [-0.39, 0.29) is 5.69 Å². The lowest BCUT2D eigenvalue weighted by Gasteiger charge is -2.05. The molecule has 0 radical (unpaired) electrons. The van der Waals surface area contributed by atoms with Crippen molar-refractivity contribution in [3.8, 4) is 0 Å². The third-order valence-electron chi connectivity index (χ3n) is 3.54. The van der Waals surface area contributed by atoms with E-state index in [1.807, 2.05) is 13.0 Å². The lowest BCUT2D eigenvalue weighted by Crippen LogP contribution is -1.92. The molecule has 2 rings (SSSR count). The van der Waals surface area contributed by atoms with Gasteiger partial charge in [-0.15, -0.1) is 0 Å². The van der Waals surface area contributed by atoms with Crippen LogP contribution in [0.3, 0.4) is 0 Å². The molecule has 0 aliphatic heterocycles. The molecule has 2 aromatic carbocycles. The zero-order chi connectivity index (χ0) is 17.5. The fraction of sp³-hybridized carbons (Fsp3) is 0.211. The van der Waals surface area contributed by atoms with Gasteiger partial charge in [0.2, 0.25) is 0 Å². The minimum atomic E-state index is -0.426. The average Bonchev–Trinajstić information content (AvgIpc) is 2.55. The number of nitrogens with one attached hydrogen (secondary N) is 1. The second kappa shape index (κ2) is 8.06. The topological polar surface area (TPSA) is 67.5 Å². The monoisotopic (exact) mass is 323 g/mol. The van der Waals surface area contributed by atoms with Crippen LogP contribution in [0.25, 0.3) is 6.08 Å². The molecule has 0 unspecified atom stereocenters. The fourth-order valence-corrected chi connectivity index (χ4v) is 2.14. The van der Waals surface area contributed by atoms with Crippen molar-refractivity contribution >= 4 is 23.7 Å². The van der Waals surface area contributed by atoms with E-state index in [1.54, 1.807) is 18.3 Å². The Morgan fingerprint density at radius 3 is 2.29 bits per heavy atom. The van der Waals surface area contributed by atoms with Gasteiger partial charge in [-0.05, 0) is 41.7 Å². The first-order chi connectivity index (χ1) is 11.5. The summed E-state index contributed by atoms with van der Waals surface area (Å²) in [7, 11) is 0. The van der Waals surface area contributed by atoms with E-state index in [4.69, 9.17) is 0 Å². The number of nitro benzene ring substituents is 1. The maximum Gasteiger partial charge on any atom is 0.269 e. The predicted molar refractivity (Wildman–Crippen MR) is 99.4 cm³/mol.